The van der Waals surface area contributed by atoms with Crippen molar-refractivity contribution in [2.24, 2.45) is 0 Å². The first-order valence-corrected chi connectivity index (χ1v) is 20.1. The molecule has 0 radical (unpaired) electrons. The van der Waals surface area contributed by atoms with Crippen molar-refractivity contribution in [1.82, 2.24) is 19.1 Å². The topological polar surface area (TPSA) is 35.6 Å². The molecule has 0 saturated heterocycles. The van der Waals surface area contributed by atoms with E-state index in [1.54, 1.807) is 0 Å². The average Bonchev–Trinajstić information content (AvgIpc) is 3.94. The first kappa shape index (κ1) is 32.0. The van der Waals surface area contributed by atoms with Gasteiger partial charge in [0.25, 0.3) is 0 Å². The van der Waals surface area contributed by atoms with Crippen molar-refractivity contribution in [3.8, 4) is 45.1 Å². The number of thiophene rings is 1. The van der Waals surface area contributed by atoms with E-state index in [-0.39, 0.29) is 0 Å². The molecule has 0 bridgehead atoms. The summed E-state index contributed by atoms with van der Waals surface area (Å²) in [5, 5.41) is 7.21. The predicted molar refractivity (Wildman–Crippen MR) is 240 cm³/mol. The van der Waals surface area contributed by atoms with E-state index in [2.05, 4.69) is 203 Å². The van der Waals surface area contributed by atoms with Gasteiger partial charge in [-0.05, 0) is 65.7 Å². The lowest BCUT2D eigenvalue weighted by molar-refractivity contribution is 1.11. The summed E-state index contributed by atoms with van der Waals surface area (Å²) in [7, 11) is 0. The van der Waals surface area contributed by atoms with Crippen molar-refractivity contribution in [1.29, 1.82) is 0 Å². The molecule has 8 aromatic carbocycles. The van der Waals surface area contributed by atoms with Crippen LogP contribution in [-0.2, 0) is 0 Å². The third kappa shape index (κ3) is 4.93. The Morgan fingerprint density at radius 3 is 1.72 bits per heavy atom. The van der Waals surface area contributed by atoms with Crippen LogP contribution in [0, 0.1) is 0 Å². The Morgan fingerprint density at radius 1 is 0.386 bits per heavy atom. The Labute approximate surface area is 332 Å². The highest BCUT2D eigenvalue weighted by Crippen LogP contribution is 2.44. The van der Waals surface area contributed by atoms with E-state index in [1.165, 1.54) is 42.0 Å². The lowest BCUT2D eigenvalue weighted by Gasteiger charge is -2.13. The van der Waals surface area contributed by atoms with Gasteiger partial charge in [-0.3, -0.25) is 4.57 Å². The van der Waals surface area contributed by atoms with Gasteiger partial charge < -0.3 is 4.57 Å². The quantitative estimate of drug-likeness (QED) is 0.176. The number of fused-ring (bicyclic) bond motifs is 9. The summed E-state index contributed by atoms with van der Waals surface area (Å²) in [5.74, 6) is 0.691. The number of hydrogen-bond donors (Lipinski definition) is 0. The van der Waals surface area contributed by atoms with E-state index in [0.717, 1.165) is 61.3 Å². The molecule has 0 saturated carbocycles. The highest BCUT2D eigenvalue weighted by atomic mass is 32.1. The molecule has 0 fully saturated rings. The molecule has 0 unspecified atom stereocenters. The molecule has 0 aliphatic heterocycles. The maximum atomic E-state index is 5.56. The summed E-state index contributed by atoms with van der Waals surface area (Å²) in [6.45, 7) is 0. The summed E-state index contributed by atoms with van der Waals surface area (Å²) >= 11 is 1.83. The van der Waals surface area contributed by atoms with Gasteiger partial charge in [0.15, 0.2) is 5.82 Å². The van der Waals surface area contributed by atoms with E-state index in [4.69, 9.17) is 9.97 Å². The van der Waals surface area contributed by atoms with Crippen LogP contribution < -0.4 is 0 Å². The van der Waals surface area contributed by atoms with Crippen molar-refractivity contribution in [2.45, 2.75) is 0 Å². The normalized spacial score (nSPS) is 11.9. The zero-order chi connectivity index (χ0) is 37.5. The molecular formula is C52H32N4S. The van der Waals surface area contributed by atoms with Crippen LogP contribution in [0.4, 0.5) is 0 Å². The van der Waals surface area contributed by atoms with Gasteiger partial charge in [-0.1, -0.05) is 140 Å². The molecule has 12 aromatic rings. The Kier molecular flexibility index (Phi) is 7.06. The number of hydrogen-bond acceptors (Lipinski definition) is 3. The van der Waals surface area contributed by atoms with E-state index in [9.17, 15) is 0 Å². The van der Waals surface area contributed by atoms with E-state index < -0.39 is 0 Å². The summed E-state index contributed by atoms with van der Waals surface area (Å²) in [6.07, 6.45) is 0. The van der Waals surface area contributed by atoms with Crippen LogP contribution in [0.2, 0.25) is 0 Å². The smallest absolute Gasteiger partial charge is 0.162 e. The van der Waals surface area contributed by atoms with Crippen LogP contribution in [-0.4, -0.2) is 19.1 Å². The van der Waals surface area contributed by atoms with Gasteiger partial charge in [-0.25, -0.2) is 9.97 Å². The number of nitrogens with zero attached hydrogens (tertiary/aromatic N) is 4. The van der Waals surface area contributed by atoms with Gasteiger partial charge in [0, 0.05) is 58.8 Å². The SMILES string of the molecule is c1ccc(-n2c3ccccc3c3c(-c4cccc5c4sc4ccccc45)nc(-c4cccc(-c5cccc(-n6c7ccccc7c7ccccc76)c5)c4)nc32)cc1. The van der Waals surface area contributed by atoms with Crippen LogP contribution in [0.15, 0.2) is 194 Å². The van der Waals surface area contributed by atoms with Crippen molar-refractivity contribution < 1.29 is 0 Å². The Balaban J connectivity index is 1.09. The third-order valence-electron chi connectivity index (χ3n) is 11.3. The molecule has 57 heavy (non-hydrogen) atoms. The van der Waals surface area contributed by atoms with Crippen molar-refractivity contribution >= 4 is 75.3 Å². The van der Waals surface area contributed by atoms with Crippen LogP contribution >= 0.6 is 11.3 Å². The van der Waals surface area contributed by atoms with E-state index in [0.29, 0.717) is 5.82 Å². The Bertz CT molecular complexity index is 3480. The molecule has 4 aromatic heterocycles. The molecule has 12 rings (SSSR count). The molecule has 0 spiro atoms. The van der Waals surface area contributed by atoms with Gasteiger partial charge in [0.1, 0.15) is 5.65 Å². The molecule has 5 heteroatoms. The highest BCUT2D eigenvalue weighted by molar-refractivity contribution is 7.26. The van der Waals surface area contributed by atoms with Crippen LogP contribution in [0.5, 0.6) is 0 Å². The molecule has 4 heterocycles. The number of rotatable bonds is 5. The number of para-hydroxylation sites is 4. The fourth-order valence-corrected chi connectivity index (χ4v) is 10.0. The molecule has 0 amide bonds. The van der Waals surface area contributed by atoms with Crippen LogP contribution in [0.3, 0.4) is 0 Å². The Hall–Kier alpha value is -7.34. The fraction of sp³-hybridized carbons (Fsp3) is 0. The summed E-state index contributed by atoms with van der Waals surface area (Å²) in [5.41, 5.74) is 11.8. The minimum Gasteiger partial charge on any atom is -0.309 e. The van der Waals surface area contributed by atoms with Gasteiger partial charge >= 0.3 is 0 Å². The van der Waals surface area contributed by atoms with Gasteiger partial charge in [0.2, 0.25) is 0 Å². The first-order chi connectivity index (χ1) is 28.3. The zero-order valence-electron chi connectivity index (χ0n) is 30.7. The van der Waals surface area contributed by atoms with Gasteiger partial charge in [-0.15, -0.1) is 11.3 Å². The van der Waals surface area contributed by atoms with Crippen molar-refractivity contribution in [2.75, 3.05) is 0 Å². The minimum absolute atomic E-state index is 0.691. The average molecular weight is 745 g/mol. The van der Waals surface area contributed by atoms with Gasteiger partial charge in [0.05, 0.1) is 27.6 Å². The molecule has 4 nitrogen and oxygen atoms in total. The van der Waals surface area contributed by atoms with E-state index >= 15 is 0 Å². The van der Waals surface area contributed by atoms with Crippen LogP contribution in [0.25, 0.3) is 109 Å². The fourth-order valence-electron chi connectivity index (χ4n) is 8.81. The molecular weight excluding hydrogens is 713 g/mol. The molecule has 0 aliphatic rings. The monoisotopic (exact) mass is 744 g/mol. The van der Waals surface area contributed by atoms with Crippen molar-refractivity contribution in [3.63, 3.8) is 0 Å². The number of benzene rings is 8. The Morgan fingerprint density at radius 2 is 0.947 bits per heavy atom. The summed E-state index contributed by atoms with van der Waals surface area (Å²) in [4.78, 5) is 11.0. The molecule has 0 N–H and O–H groups in total. The summed E-state index contributed by atoms with van der Waals surface area (Å²) < 4.78 is 7.17. The number of aromatic nitrogens is 4. The molecule has 266 valence electrons. The van der Waals surface area contributed by atoms with Gasteiger partial charge in [-0.2, -0.15) is 0 Å². The lowest BCUT2D eigenvalue weighted by atomic mass is 10.0. The standard InChI is InChI=1S/C52H32N4S/c1-2-18-36(19-3-1)56-46-29-10-6-24-42(46)48-49(43-26-14-25-41-40-23-7-11-30-47(40)57-50(41)43)53-51(54-52(48)56)35-17-12-15-33(31-35)34-16-13-20-37(32-34)55-44-27-8-4-21-38(44)39-22-5-9-28-45(39)55/h1-32H. The molecule has 0 aliphatic carbocycles. The predicted octanol–water partition coefficient (Wildman–Crippen LogP) is 14.0. The van der Waals surface area contributed by atoms with Crippen LogP contribution in [0.1, 0.15) is 0 Å². The first-order valence-electron chi connectivity index (χ1n) is 19.3. The molecule has 0 atom stereocenters. The highest BCUT2D eigenvalue weighted by Gasteiger charge is 2.23. The van der Waals surface area contributed by atoms with E-state index in [1.807, 2.05) is 11.3 Å². The second-order valence-corrected chi connectivity index (χ2v) is 15.6. The largest absolute Gasteiger partial charge is 0.309 e. The second kappa shape index (κ2) is 12.6. The van der Waals surface area contributed by atoms with Crippen molar-refractivity contribution in [3.05, 3.63) is 194 Å². The minimum atomic E-state index is 0.691. The lowest BCUT2D eigenvalue weighted by Crippen LogP contribution is -1.99. The maximum Gasteiger partial charge on any atom is 0.162 e. The second-order valence-electron chi connectivity index (χ2n) is 14.6. The third-order valence-corrected chi connectivity index (χ3v) is 12.5. The zero-order valence-corrected chi connectivity index (χ0v) is 31.5. The summed E-state index contributed by atoms with van der Waals surface area (Å²) in [6, 6.07) is 69.4. The maximum absolute atomic E-state index is 5.56.